The Bertz CT molecular complexity index is 727. The molecule has 132 valence electrons. The highest BCUT2D eigenvalue weighted by molar-refractivity contribution is 5.91. The molecule has 0 aliphatic carbocycles. The fourth-order valence-corrected chi connectivity index (χ4v) is 2.96. The van der Waals surface area contributed by atoms with Gasteiger partial charge < -0.3 is 14.8 Å². The molecular formula is C21H25NO3. The minimum Gasteiger partial charge on any atom is -0.490 e. The van der Waals surface area contributed by atoms with Crippen molar-refractivity contribution in [3.63, 3.8) is 0 Å². The van der Waals surface area contributed by atoms with Crippen LogP contribution in [-0.4, -0.2) is 19.1 Å². The van der Waals surface area contributed by atoms with E-state index in [0.717, 1.165) is 42.0 Å². The number of amides is 1. The molecule has 0 saturated heterocycles. The van der Waals surface area contributed by atoms with Gasteiger partial charge in [-0.25, -0.2) is 0 Å². The Morgan fingerprint density at radius 2 is 1.84 bits per heavy atom. The van der Waals surface area contributed by atoms with Crippen molar-refractivity contribution in [1.82, 2.24) is 0 Å². The van der Waals surface area contributed by atoms with Crippen molar-refractivity contribution in [3.8, 4) is 11.5 Å². The Balaban J connectivity index is 1.58. The summed E-state index contributed by atoms with van der Waals surface area (Å²) in [6.45, 7) is 3.50. The van der Waals surface area contributed by atoms with Crippen LogP contribution in [0.2, 0.25) is 0 Å². The lowest BCUT2D eigenvalue weighted by Crippen LogP contribution is -2.13. The maximum Gasteiger partial charge on any atom is 0.224 e. The molecule has 1 heterocycles. The number of ether oxygens (including phenoxy) is 2. The first-order valence-electron chi connectivity index (χ1n) is 9.02. The molecule has 0 radical (unpaired) electrons. The van der Waals surface area contributed by atoms with E-state index in [0.29, 0.717) is 26.1 Å². The summed E-state index contributed by atoms with van der Waals surface area (Å²) < 4.78 is 11.3. The molecule has 0 atom stereocenters. The molecule has 1 N–H and O–H groups in total. The summed E-state index contributed by atoms with van der Waals surface area (Å²) in [5, 5.41) is 3.04. The summed E-state index contributed by atoms with van der Waals surface area (Å²) in [5.41, 5.74) is 3.20. The van der Waals surface area contributed by atoms with Crippen LogP contribution in [-0.2, 0) is 17.6 Å². The number of carbonyl (C=O) groups is 1. The van der Waals surface area contributed by atoms with E-state index in [1.807, 2.05) is 36.4 Å². The van der Waals surface area contributed by atoms with E-state index in [1.165, 1.54) is 5.56 Å². The molecule has 1 amide bonds. The van der Waals surface area contributed by atoms with Crippen LogP contribution in [0.1, 0.15) is 37.3 Å². The maximum atomic E-state index is 12.3. The predicted octanol–water partition coefficient (Wildman–Crippen LogP) is 4.37. The van der Waals surface area contributed by atoms with Crippen LogP contribution >= 0.6 is 0 Å². The summed E-state index contributed by atoms with van der Waals surface area (Å²) in [4.78, 5) is 12.3. The lowest BCUT2D eigenvalue weighted by molar-refractivity contribution is -0.116. The zero-order chi connectivity index (χ0) is 17.5. The van der Waals surface area contributed by atoms with Crippen LogP contribution in [0.3, 0.4) is 0 Å². The van der Waals surface area contributed by atoms with Gasteiger partial charge in [0.15, 0.2) is 11.5 Å². The molecule has 3 rings (SSSR count). The zero-order valence-electron chi connectivity index (χ0n) is 14.7. The van der Waals surface area contributed by atoms with Gasteiger partial charge in [-0.05, 0) is 42.2 Å². The summed E-state index contributed by atoms with van der Waals surface area (Å²) in [7, 11) is 0. The van der Waals surface area contributed by atoms with E-state index in [9.17, 15) is 4.79 Å². The van der Waals surface area contributed by atoms with Gasteiger partial charge in [-0.2, -0.15) is 0 Å². The second-order valence-electron chi connectivity index (χ2n) is 6.29. The molecule has 0 spiro atoms. The third-order valence-electron chi connectivity index (χ3n) is 4.26. The maximum absolute atomic E-state index is 12.3. The fourth-order valence-electron chi connectivity index (χ4n) is 2.96. The standard InChI is InChI=1S/C21H25NO3/c1-2-6-17-7-3-4-8-18(17)22-21(23)12-10-16-9-11-19-20(15-16)25-14-5-13-24-19/h3-4,7-9,11,15H,2,5-6,10,12-14H2,1H3,(H,22,23). The molecular weight excluding hydrogens is 314 g/mol. The zero-order valence-corrected chi connectivity index (χ0v) is 14.7. The molecule has 0 unspecified atom stereocenters. The highest BCUT2D eigenvalue weighted by Crippen LogP contribution is 2.30. The van der Waals surface area contributed by atoms with Gasteiger partial charge in [0.2, 0.25) is 5.91 Å². The fraction of sp³-hybridized carbons (Fsp3) is 0.381. The normalized spacial score (nSPS) is 13.2. The number of rotatable bonds is 6. The van der Waals surface area contributed by atoms with Gasteiger partial charge >= 0.3 is 0 Å². The number of para-hydroxylation sites is 1. The molecule has 0 fully saturated rings. The van der Waals surface area contributed by atoms with Crippen LogP contribution in [0, 0.1) is 0 Å². The van der Waals surface area contributed by atoms with E-state index in [1.54, 1.807) is 0 Å². The largest absolute Gasteiger partial charge is 0.490 e. The number of anilines is 1. The van der Waals surface area contributed by atoms with E-state index in [-0.39, 0.29) is 5.91 Å². The Morgan fingerprint density at radius 3 is 2.68 bits per heavy atom. The van der Waals surface area contributed by atoms with Crippen LogP contribution in [0.25, 0.3) is 0 Å². The van der Waals surface area contributed by atoms with Crippen molar-refractivity contribution in [2.75, 3.05) is 18.5 Å². The minimum absolute atomic E-state index is 0.0377. The molecule has 0 aromatic heterocycles. The van der Waals surface area contributed by atoms with Crippen molar-refractivity contribution < 1.29 is 14.3 Å². The minimum atomic E-state index is 0.0377. The van der Waals surface area contributed by atoms with E-state index >= 15 is 0 Å². The number of hydrogen-bond donors (Lipinski definition) is 1. The smallest absolute Gasteiger partial charge is 0.224 e. The van der Waals surface area contributed by atoms with Crippen molar-refractivity contribution in [2.45, 2.75) is 39.0 Å². The number of fused-ring (bicyclic) bond motifs is 1. The molecule has 2 aromatic carbocycles. The first-order valence-corrected chi connectivity index (χ1v) is 9.02. The molecule has 0 bridgehead atoms. The Morgan fingerprint density at radius 1 is 1.04 bits per heavy atom. The molecule has 25 heavy (non-hydrogen) atoms. The van der Waals surface area contributed by atoms with Gasteiger partial charge in [0.25, 0.3) is 0 Å². The molecule has 4 heteroatoms. The van der Waals surface area contributed by atoms with Gasteiger partial charge in [0, 0.05) is 18.5 Å². The quantitative estimate of drug-likeness (QED) is 0.850. The number of benzene rings is 2. The van der Waals surface area contributed by atoms with Gasteiger partial charge in [0.1, 0.15) is 0 Å². The lowest BCUT2D eigenvalue weighted by atomic mass is 10.1. The second-order valence-corrected chi connectivity index (χ2v) is 6.29. The summed E-state index contributed by atoms with van der Waals surface area (Å²) in [6.07, 6.45) is 4.05. The molecule has 0 saturated carbocycles. The monoisotopic (exact) mass is 339 g/mol. The van der Waals surface area contributed by atoms with Crippen LogP contribution in [0.15, 0.2) is 42.5 Å². The van der Waals surface area contributed by atoms with E-state index in [4.69, 9.17) is 9.47 Å². The first kappa shape index (κ1) is 17.3. The lowest BCUT2D eigenvalue weighted by Gasteiger charge is -2.11. The van der Waals surface area contributed by atoms with Gasteiger partial charge in [-0.15, -0.1) is 0 Å². The third kappa shape index (κ3) is 4.75. The predicted molar refractivity (Wildman–Crippen MR) is 99.4 cm³/mol. The average Bonchev–Trinajstić information content (AvgIpc) is 2.87. The van der Waals surface area contributed by atoms with E-state index in [2.05, 4.69) is 18.3 Å². The van der Waals surface area contributed by atoms with E-state index < -0.39 is 0 Å². The SMILES string of the molecule is CCCc1ccccc1NC(=O)CCc1ccc2c(c1)OCCCO2. The number of hydrogen-bond acceptors (Lipinski definition) is 3. The Kier molecular flexibility index (Phi) is 5.94. The number of carbonyl (C=O) groups excluding carboxylic acids is 1. The highest BCUT2D eigenvalue weighted by atomic mass is 16.5. The van der Waals surface area contributed by atoms with Crippen molar-refractivity contribution in [3.05, 3.63) is 53.6 Å². The van der Waals surface area contributed by atoms with Gasteiger partial charge in [-0.1, -0.05) is 37.6 Å². The summed E-state index contributed by atoms with van der Waals surface area (Å²) >= 11 is 0. The Labute approximate surface area is 149 Å². The third-order valence-corrected chi connectivity index (χ3v) is 4.26. The van der Waals surface area contributed by atoms with Crippen LogP contribution < -0.4 is 14.8 Å². The molecule has 1 aliphatic heterocycles. The topological polar surface area (TPSA) is 47.6 Å². The van der Waals surface area contributed by atoms with Crippen LogP contribution in [0.5, 0.6) is 11.5 Å². The summed E-state index contributed by atoms with van der Waals surface area (Å²) in [5.74, 6) is 1.61. The number of nitrogens with one attached hydrogen (secondary N) is 1. The highest BCUT2D eigenvalue weighted by Gasteiger charge is 2.12. The molecule has 2 aromatic rings. The average molecular weight is 339 g/mol. The Hall–Kier alpha value is -2.49. The van der Waals surface area contributed by atoms with Crippen molar-refractivity contribution in [1.29, 1.82) is 0 Å². The molecule has 4 nitrogen and oxygen atoms in total. The summed E-state index contributed by atoms with van der Waals surface area (Å²) in [6, 6.07) is 13.9. The first-order chi connectivity index (χ1) is 12.3. The number of aryl methyl sites for hydroxylation is 2. The van der Waals surface area contributed by atoms with Crippen LogP contribution in [0.4, 0.5) is 5.69 Å². The second kappa shape index (κ2) is 8.56. The van der Waals surface area contributed by atoms with Gasteiger partial charge in [-0.3, -0.25) is 4.79 Å². The van der Waals surface area contributed by atoms with Crippen molar-refractivity contribution >= 4 is 11.6 Å². The molecule has 1 aliphatic rings. The van der Waals surface area contributed by atoms with Crippen molar-refractivity contribution in [2.24, 2.45) is 0 Å². The van der Waals surface area contributed by atoms with Gasteiger partial charge in [0.05, 0.1) is 13.2 Å².